The van der Waals surface area contributed by atoms with E-state index in [1.807, 2.05) is 12.1 Å². The van der Waals surface area contributed by atoms with Crippen LogP contribution in [0.5, 0.6) is 5.75 Å². The molecule has 0 unspecified atom stereocenters. The van der Waals surface area contributed by atoms with Crippen LogP contribution in [0.4, 0.5) is 4.39 Å². The molecule has 0 aromatic heterocycles. The molecule has 1 spiro atoms. The second kappa shape index (κ2) is 6.52. The molecule has 1 aromatic carbocycles. The largest absolute Gasteiger partial charge is 0.494 e. The molecule has 0 aliphatic carbocycles. The Morgan fingerprint density at radius 3 is 2.91 bits per heavy atom. The summed E-state index contributed by atoms with van der Waals surface area (Å²) in [5.41, 5.74) is 0.538. The highest BCUT2D eigenvalue weighted by Crippen LogP contribution is 2.37. The maximum absolute atomic E-state index is 14.3. The topological polar surface area (TPSA) is 30.9 Å². The Kier molecular flexibility index (Phi) is 4.66. The summed E-state index contributed by atoms with van der Waals surface area (Å²) in [6.07, 6.45) is 3.16. The minimum absolute atomic E-state index is 0.0532. The highest BCUT2D eigenvalue weighted by Gasteiger charge is 2.46. The van der Waals surface area contributed by atoms with Crippen LogP contribution in [0.2, 0.25) is 0 Å². The molecule has 0 saturated carbocycles. The number of rotatable bonds is 4. The van der Waals surface area contributed by atoms with Crippen molar-refractivity contribution in [1.29, 1.82) is 0 Å². The molecule has 122 valence electrons. The smallest absolute Gasteiger partial charge is 0.169 e. The van der Waals surface area contributed by atoms with E-state index in [1.165, 1.54) is 7.11 Å². The molecule has 2 aliphatic rings. The third-order valence-corrected chi connectivity index (χ3v) is 4.94. The molecule has 2 atom stereocenters. The molecule has 1 aromatic rings. The lowest BCUT2D eigenvalue weighted by Crippen LogP contribution is -2.55. The van der Waals surface area contributed by atoms with Gasteiger partial charge in [-0.1, -0.05) is 12.1 Å². The normalized spacial score (nSPS) is 29.1. The van der Waals surface area contributed by atoms with Gasteiger partial charge in [0.2, 0.25) is 0 Å². The Balaban J connectivity index is 1.70. The van der Waals surface area contributed by atoms with E-state index < -0.39 is 0 Å². The van der Waals surface area contributed by atoms with E-state index >= 15 is 0 Å². The molecule has 2 heterocycles. The Morgan fingerprint density at radius 2 is 2.23 bits per heavy atom. The van der Waals surface area contributed by atoms with Crippen molar-refractivity contribution >= 4 is 0 Å². The number of nitrogens with zero attached hydrogens (tertiary/aromatic N) is 1. The van der Waals surface area contributed by atoms with Crippen molar-refractivity contribution in [2.24, 2.45) is 0 Å². The highest BCUT2D eigenvalue weighted by molar-refractivity contribution is 5.31. The van der Waals surface area contributed by atoms with Crippen molar-refractivity contribution in [3.8, 4) is 5.75 Å². The minimum atomic E-state index is -0.267. The zero-order chi connectivity index (χ0) is 15.6. The van der Waals surface area contributed by atoms with Crippen molar-refractivity contribution in [3.05, 3.63) is 29.6 Å². The average Bonchev–Trinajstić information content (AvgIpc) is 3.00. The molecular formula is C17H24FNO3. The van der Waals surface area contributed by atoms with E-state index in [-0.39, 0.29) is 17.5 Å². The summed E-state index contributed by atoms with van der Waals surface area (Å²) < 4.78 is 31.0. The van der Waals surface area contributed by atoms with Crippen molar-refractivity contribution in [2.75, 3.05) is 33.9 Å². The summed E-state index contributed by atoms with van der Waals surface area (Å²) in [7, 11) is 3.23. The Bertz CT molecular complexity index is 517. The number of hydrogen-bond acceptors (Lipinski definition) is 4. The van der Waals surface area contributed by atoms with E-state index in [0.717, 1.165) is 39.0 Å². The summed E-state index contributed by atoms with van der Waals surface area (Å²) in [5.74, 6) is 0.0322. The van der Waals surface area contributed by atoms with Gasteiger partial charge < -0.3 is 14.2 Å². The number of halogens is 1. The van der Waals surface area contributed by atoms with Crippen molar-refractivity contribution in [2.45, 2.75) is 37.5 Å². The molecule has 0 bridgehead atoms. The van der Waals surface area contributed by atoms with Crippen molar-refractivity contribution < 1.29 is 18.6 Å². The number of piperidine rings is 1. The predicted molar refractivity (Wildman–Crippen MR) is 81.6 cm³/mol. The van der Waals surface area contributed by atoms with Gasteiger partial charge in [0, 0.05) is 38.9 Å². The first-order chi connectivity index (χ1) is 10.7. The summed E-state index contributed by atoms with van der Waals surface area (Å²) in [6.45, 7) is 3.06. The molecular weight excluding hydrogens is 285 g/mol. The first-order valence-electron chi connectivity index (χ1n) is 7.89. The van der Waals surface area contributed by atoms with Gasteiger partial charge in [-0.2, -0.15) is 0 Å². The van der Waals surface area contributed by atoms with Gasteiger partial charge in [-0.25, -0.2) is 4.39 Å². The molecule has 4 nitrogen and oxygen atoms in total. The van der Waals surface area contributed by atoms with Crippen LogP contribution >= 0.6 is 0 Å². The van der Waals surface area contributed by atoms with Gasteiger partial charge in [-0.05, 0) is 25.3 Å². The molecule has 2 aliphatic heterocycles. The van der Waals surface area contributed by atoms with Crippen LogP contribution in [-0.4, -0.2) is 50.5 Å². The Morgan fingerprint density at radius 1 is 1.36 bits per heavy atom. The second-order valence-corrected chi connectivity index (χ2v) is 6.16. The predicted octanol–water partition coefficient (Wildman–Crippen LogP) is 2.60. The fourth-order valence-electron chi connectivity index (χ4n) is 3.68. The molecule has 2 fully saturated rings. The van der Waals surface area contributed by atoms with Gasteiger partial charge in [0.25, 0.3) is 0 Å². The second-order valence-electron chi connectivity index (χ2n) is 6.16. The lowest BCUT2D eigenvalue weighted by atomic mass is 9.85. The summed E-state index contributed by atoms with van der Waals surface area (Å²) in [6, 6.07) is 5.29. The van der Waals surface area contributed by atoms with Crippen LogP contribution in [0.25, 0.3) is 0 Å². The van der Waals surface area contributed by atoms with Gasteiger partial charge in [0.05, 0.1) is 18.8 Å². The summed E-state index contributed by atoms with van der Waals surface area (Å²) >= 11 is 0. The molecule has 22 heavy (non-hydrogen) atoms. The van der Waals surface area contributed by atoms with E-state index in [2.05, 4.69) is 4.90 Å². The Hall–Kier alpha value is -1.17. The SMILES string of the molecule is COc1cccc(CN2CC[C@@]3(CCCO3)[C@@H](OC)C2)c1F. The average molecular weight is 309 g/mol. The third kappa shape index (κ3) is 2.85. The fourth-order valence-corrected chi connectivity index (χ4v) is 3.68. The van der Waals surface area contributed by atoms with Gasteiger partial charge >= 0.3 is 0 Å². The summed E-state index contributed by atoms with van der Waals surface area (Å²) in [5, 5.41) is 0. The molecule has 2 saturated heterocycles. The van der Waals surface area contributed by atoms with Crippen LogP contribution < -0.4 is 4.74 Å². The Labute approximate surface area is 131 Å². The number of hydrogen-bond donors (Lipinski definition) is 0. The van der Waals surface area contributed by atoms with E-state index in [0.29, 0.717) is 17.9 Å². The zero-order valence-corrected chi connectivity index (χ0v) is 13.3. The first-order valence-corrected chi connectivity index (χ1v) is 7.89. The minimum Gasteiger partial charge on any atom is -0.494 e. The van der Waals surface area contributed by atoms with Crippen LogP contribution in [0.1, 0.15) is 24.8 Å². The van der Waals surface area contributed by atoms with Gasteiger partial charge in [0.15, 0.2) is 11.6 Å². The molecule has 3 rings (SSSR count). The molecule has 0 amide bonds. The number of ether oxygens (including phenoxy) is 3. The van der Waals surface area contributed by atoms with Crippen molar-refractivity contribution in [1.82, 2.24) is 4.90 Å². The standard InChI is InChI=1S/C17H24FNO3/c1-20-14-6-3-5-13(16(14)18)11-19-9-8-17(7-4-10-22-17)15(12-19)21-2/h3,5-6,15H,4,7-12H2,1-2H3/t15-,17-/m0/s1. The van der Waals surface area contributed by atoms with E-state index in [1.54, 1.807) is 13.2 Å². The molecule has 5 heteroatoms. The van der Waals surface area contributed by atoms with Crippen molar-refractivity contribution in [3.63, 3.8) is 0 Å². The van der Waals surface area contributed by atoms with Crippen LogP contribution in [0.3, 0.4) is 0 Å². The zero-order valence-electron chi connectivity index (χ0n) is 13.3. The molecule has 0 N–H and O–H groups in total. The van der Waals surface area contributed by atoms with E-state index in [4.69, 9.17) is 14.2 Å². The maximum atomic E-state index is 14.3. The third-order valence-electron chi connectivity index (χ3n) is 4.94. The number of methoxy groups -OCH3 is 2. The van der Waals surface area contributed by atoms with Crippen LogP contribution in [0.15, 0.2) is 18.2 Å². The van der Waals surface area contributed by atoms with Gasteiger partial charge in [-0.15, -0.1) is 0 Å². The highest BCUT2D eigenvalue weighted by atomic mass is 19.1. The lowest BCUT2D eigenvalue weighted by molar-refractivity contribution is -0.143. The summed E-state index contributed by atoms with van der Waals surface area (Å²) in [4.78, 5) is 2.24. The monoisotopic (exact) mass is 309 g/mol. The van der Waals surface area contributed by atoms with Gasteiger partial charge in [-0.3, -0.25) is 4.90 Å². The van der Waals surface area contributed by atoms with E-state index in [9.17, 15) is 4.39 Å². The first kappa shape index (κ1) is 15.7. The fraction of sp³-hybridized carbons (Fsp3) is 0.647. The number of benzene rings is 1. The number of likely N-dealkylation sites (tertiary alicyclic amines) is 1. The van der Waals surface area contributed by atoms with Crippen LogP contribution in [-0.2, 0) is 16.0 Å². The van der Waals surface area contributed by atoms with Gasteiger partial charge in [0.1, 0.15) is 0 Å². The lowest BCUT2D eigenvalue weighted by Gasteiger charge is -2.44. The maximum Gasteiger partial charge on any atom is 0.169 e. The molecule has 0 radical (unpaired) electrons. The quantitative estimate of drug-likeness (QED) is 0.855. The van der Waals surface area contributed by atoms with Crippen LogP contribution in [0, 0.1) is 5.82 Å².